The highest BCUT2D eigenvalue weighted by atomic mass is 16.6. The molecule has 5 N–H and O–H groups in total. The minimum Gasteiger partial charge on any atom is -0.507 e. The van der Waals surface area contributed by atoms with Crippen molar-refractivity contribution < 1.29 is 30.3 Å². The second-order valence-corrected chi connectivity index (χ2v) is 5.72. The number of ether oxygens (including phenoxy) is 1. The van der Waals surface area contributed by atoms with E-state index in [0.29, 0.717) is 10.9 Å². The Hall–Kier alpha value is -2.03. The zero-order chi connectivity index (χ0) is 17.3. The van der Waals surface area contributed by atoms with Crippen molar-refractivity contribution in [3.8, 4) is 5.75 Å². The molecular formula is C17H19NO6. The van der Waals surface area contributed by atoms with E-state index in [4.69, 9.17) is 9.84 Å². The van der Waals surface area contributed by atoms with Crippen LogP contribution < -0.4 is 0 Å². The van der Waals surface area contributed by atoms with Crippen molar-refractivity contribution in [2.45, 2.75) is 30.6 Å². The van der Waals surface area contributed by atoms with Gasteiger partial charge in [0.15, 0.2) is 6.29 Å². The van der Waals surface area contributed by atoms with Crippen molar-refractivity contribution in [3.05, 3.63) is 42.0 Å². The highest BCUT2D eigenvalue weighted by Gasteiger charge is 2.43. The number of aliphatic hydroxyl groups is 4. The molecule has 0 radical (unpaired) electrons. The van der Waals surface area contributed by atoms with Crippen LogP contribution in [-0.4, -0.2) is 69.0 Å². The number of aliphatic imine (C=N–C) groups is 1. The molecule has 0 aromatic heterocycles. The fourth-order valence-corrected chi connectivity index (χ4v) is 2.79. The van der Waals surface area contributed by atoms with Gasteiger partial charge in [-0.3, -0.25) is 4.99 Å². The summed E-state index contributed by atoms with van der Waals surface area (Å²) in [5.74, 6) is 0.0336. The standard InChI is InChI=1S/C17H19NO6/c19-8-12-15(21)16(22)13(17(23)24-12)18-7-10-6-5-9-3-1-2-4-11(9)14(10)20/h1-7,12-13,15-17,19-23H,8H2/t12-,13-,15-,16-,17?/m1/s1. The van der Waals surface area contributed by atoms with Crippen LogP contribution in [-0.2, 0) is 4.74 Å². The number of fused-ring (bicyclic) bond motifs is 1. The topological polar surface area (TPSA) is 123 Å². The monoisotopic (exact) mass is 333 g/mol. The Balaban J connectivity index is 1.86. The third-order valence-electron chi connectivity index (χ3n) is 4.18. The van der Waals surface area contributed by atoms with Gasteiger partial charge in [0.05, 0.1) is 6.61 Å². The average Bonchev–Trinajstić information content (AvgIpc) is 2.60. The van der Waals surface area contributed by atoms with E-state index in [0.717, 1.165) is 5.39 Å². The smallest absolute Gasteiger partial charge is 0.180 e. The van der Waals surface area contributed by atoms with Gasteiger partial charge in [-0.25, -0.2) is 0 Å². The van der Waals surface area contributed by atoms with E-state index >= 15 is 0 Å². The Bertz CT molecular complexity index is 749. The largest absolute Gasteiger partial charge is 0.507 e. The molecule has 3 rings (SSSR count). The molecule has 1 heterocycles. The summed E-state index contributed by atoms with van der Waals surface area (Å²) in [5.41, 5.74) is 0.409. The van der Waals surface area contributed by atoms with Crippen LogP contribution in [0.1, 0.15) is 5.56 Å². The fraction of sp³-hybridized carbons (Fsp3) is 0.353. The number of phenolic OH excluding ortho intramolecular Hbond substituents is 1. The number of aliphatic hydroxyl groups excluding tert-OH is 4. The van der Waals surface area contributed by atoms with E-state index in [2.05, 4.69) is 4.99 Å². The van der Waals surface area contributed by atoms with E-state index in [1.807, 2.05) is 18.2 Å². The normalized spacial score (nSPS) is 30.9. The predicted molar refractivity (Wildman–Crippen MR) is 87.0 cm³/mol. The number of rotatable bonds is 3. The zero-order valence-corrected chi connectivity index (χ0v) is 12.7. The van der Waals surface area contributed by atoms with E-state index in [9.17, 15) is 20.4 Å². The van der Waals surface area contributed by atoms with E-state index in [1.165, 1.54) is 6.21 Å². The third-order valence-corrected chi connectivity index (χ3v) is 4.18. The van der Waals surface area contributed by atoms with Crippen molar-refractivity contribution in [2.24, 2.45) is 4.99 Å². The van der Waals surface area contributed by atoms with E-state index in [-0.39, 0.29) is 5.75 Å². The van der Waals surface area contributed by atoms with Gasteiger partial charge in [-0.2, -0.15) is 0 Å². The molecule has 0 bridgehead atoms. The SMILES string of the molecule is OC[C@H]1OC(O)[C@H](N=Cc2ccc3ccccc3c2O)[C@@H](O)[C@@H]1O. The Morgan fingerprint density at radius 3 is 2.54 bits per heavy atom. The third kappa shape index (κ3) is 3.00. The average molecular weight is 333 g/mol. The van der Waals surface area contributed by atoms with Gasteiger partial charge in [0.1, 0.15) is 30.1 Å². The molecule has 1 unspecified atom stereocenters. The lowest BCUT2D eigenvalue weighted by atomic mass is 9.97. The molecular weight excluding hydrogens is 314 g/mol. The van der Waals surface area contributed by atoms with Crippen LogP contribution in [0.15, 0.2) is 41.4 Å². The summed E-state index contributed by atoms with van der Waals surface area (Å²) in [6.07, 6.45) is -4.00. The Morgan fingerprint density at radius 2 is 1.79 bits per heavy atom. The van der Waals surface area contributed by atoms with Crippen molar-refractivity contribution in [2.75, 3.05) is 6.61 Å². The molecule has 2 aromatic carbocycles. The van der Waals surface area contributed by atoms with Gasteiger partial charge in [-0.05, 0) is 11.5 Å². The van der Waals surface area contributed by atoms with Crippen molar-refractivity contribution in [1.82, 2.24) is 0 Å². The van der Waals surface area contributed by atoms with Crippen LogP contribution in [0.2, 0.25) is 0 Å². The predicted octanol–water partition coefficient (Wildman–Crippen LogP) is -0.236. The lowest BCUT2D eigenvalue weighted by Crippen LogP contribution is -2.57. The van der Waals surface area contributed by atoms with Gasteiger partial charge < -0.3 is 30.3 Å². The van der Waals surface area contributed by atoms with Crippen LogP contribution in [0.5, 0.6) is 5.75 Å². The molecule has 7 nitrogen and oxygen atoms in total. The first kappa shape index (κ1) is 16.8. The first-order valence-corrected chi connectivity index (χ1v) is 7.57. The molecule has 5 atom stereocenters. The highest BCUT2D eigenvalue weighted by molar-refractivity contribution is 5.97. The van der Waals surface area contributed by atoms with Crippen LogP contribution >= 0.6 is 0 Å². The summed E-state index contributed by atoms with van der Waals surface area (Å²) in [5, 5.41) is 50.7. The molecule has 0 spiro atoms. The lowest BCUT2D eigenvalue weighted by Gasteiger charge is -2.38. The molecule has 2 aromatic rings. The van der Waals surface area contributed by atoms with Crippen molar-refractivity contribution in [3.63, 3.8) is 0 Å². The van der Waals surface area contributed by atoms with Gasteiger partial charge in [0.25, 0.3) is 0 Å². The van der Waals surface area contributed by atoms with Gasteiger partial charge in [0, 0.05) is 17.2 Å². The number of benzene rings is 2. The Labute approximate surface area is 138 Å². The quantitative estimate of drug-likeness (QED) is 0.494. The van der Waals surface area contributed by atoms with E-state index < -0.39 is 37.3 Å². The maximum Gasteiger partial charge on any atom is 0.180 e. The van der Waals surface area contributed by atoms with Crippen molar-refractivity contribution >= 4 is 17.0 Å². The Kier molecular flexibility index (Phi) is 4.79. The molecule has 1 aliphatic rings. The first-order valence-electron chi connectivity index (χ1n) is 7.57. The molecule has 1 aliphatic heterocycles. The Morgan fingerprint density at radius 1 is 1.04 bits per heavy atom. The van der Waals surface area contributed by atoms with Gasteiger partial charge >= 0.3 is 0 Å². The summed E-state index contributed by atoms with van der Waals surface area (Å²) in [4.78, 5) is 4.05. The maximum atomic E-state index is 10.3. The summed E-state index contributed by atoms with van der Waals surface area (Å²) >= 11 is 0. The highest BCUT2D eigenvalue weighted by Crippen LogP contribution is 2.28. The van der Waals surface area contributed by atoms with E-state index in [1.54, 1.807) is 18.2 Å². The molecule has 0 amide bonds. The second kappa shape index (κ2) is 6.84. The molecule has 128 valence electrons. The molecule has 1 saturated heterocycles. The molecule has 7 heteroatoms. The van der Waals surface area contributed by atoms with Crippen LogP contribution in [0.25, 0.3) is 10.8 Å². The van der Waals surface area contributed by atoms with Gasteiger partial charge in [0.2, 0.25) is 0 Å². The summed E-state index contributed by atoms with van der Waals surface area (Å²) in [6.45, 7) is -0.531. The minimum absolute atomic E-state index is 0.0336. The number of phenols is 1. The van der Waals surface area contributed by atoms with Gasteiger partial charge in [-0.1, -0.05) is 30.3 Å². The summed E-state index contributed by atoms with van der Waals surface area (Å²) in [6, 6.07) is 9.65. The van der Waals surface area contributed by atoms with Gasteiger partial charge in [-0.15, -0.1) is 0 Å². The summed E-state index contributed by atoms with van der Waals surface area (Å²) in [7, 11) is 0. The lowest BCUT2D eigenvalue weighted by molar-refractivity contribution is -0.248. The molecule has 24 heavy (non-hydrogen) atoms. The molecule has 0 aliphatic carbocycles. The molecule has 1 fully saturated rings. The first-order chi connectivity index (χ1) is 11.5. The summed E-state index contributed by atoms with van der Waals surface area (Å²) < 4.78 is 5.04. The van der Waals surface area contributed by atoms with Crippen LogP contribution in [0.3, 0.4) is 0 Å². The van der Waals surface area contributed by atoms with Crippen LogP contribution in [0.4, 0.5) is 0 Å². The fourth-order valence-electron chi connectivity index (χ4n) is 2.79. The zero-order valence-electron chi connectivity index (χ0n) is 12.7. The second-order valence-electron chi connectivity index (χ2n) is 5.72. The number of hydrogen-bond donors (Lipinski definition) is 5. The maximum absolute atomic E-state index is 10.3. The number of nitrogens with zero attached hydrogens (tertiary/aromatic N) is 1. The molecule has 0 saturated carbocycles. The number of aromatic hydroxyl groups is 1. The van der Waals surface area contributed by atoms with Crippen molar-refractivity contribution in [1.29, 1.82) is 0 Å². The number of hydrogen-bond acceptors (Lipinski definition) is 7. The minimum atomic E-state index is -1.47. The van der Waals surface area contributed by atoms with Crippen LogP contribution in [0, 0.1) is 0 Å².